The van der Waals surface area contributed by atoms with Crippen LogP contribution in [-0.4, -0.2) is 46.6 Å². The maximum absolute atomic E-state index is 5.84. The lowest BCUT2D eigenvalue weighted by Gasteiger charge is -2.28. The summed E-state index contributed by atoms with van der Waals surface area (Å²) in [5.41, 5.74) is 2.99. The van der Waals surface area contributed by atoms with Crippen molar-refractivity contribution in [2.75, 3.05) is 18.1 Å². The number of anilines is 1. The number of nitrogens with zero attached hydrogens (tertiary/aromatic N) is 3. The molecule has 2 atom stereocenters. The second-order valence-electron chi connectivity index (χ2n) is 7.35. The average Bonchev–Trinajstić information content (AvgIpc) is 3.36. The first-order valence-electron chi connectivity index (χ1n) is 9.17. The van der Waals surface area contributed by atoms with Crippen molar-refractivity contribution in [1.82, 2.24) is 15.2 Å². The molecule has 2 bridgehead atoms. The van der Waals surface area contributed by atoms with Crippen LogP contribution in [0.5, 0.6) is 5.75 Å². The molecule has 2 aliphatic heterocycles. The summed E-state index contributed by atoms with van der Waals surface area (Å²) in [5, 5.41) is 8.74. The highest BCUT2D eigenvalue weighted by Gasteiger charge is 2.39. The Morgan fingerprint density at radius 2 is 2.19 bits per heavy atom. The van der Waals surface area contributed by atoms with E-state index in [1.807, 2.05) is 38.2 Å². The molecule has 6 heteroatoms. The van der Waals surface area contributed by atoms with Gasteiger partial charge >= 0.3 is 0 Å². The van der Waals surface area contributed by atoms with E-state index >= 15 is 0 Å². The van der Waals surface area contributed by atoms with E-state index in [0.29, 0.717) is 12.1 Å². The summed E-state index contributed by atoms with van der Waals surface area (Å²) in [6.07, 6.45) is 3.47. The zero-order valence-electron chi connectivity index (χ0n) is 15.0. The fourth-order valence-electron chi connectivity index (χ4n) is 3.96. The summed E-state index contributed by atoms with van der Waals surface area (Å²) in [5.74, 6) is 1.86. The molecule has 134 valence electrons. The quantitative estimate of drug-likeness (QED) is 0.781. The largest absolute Gasteiger partial charge is 0.491 e. The van der Waals surface area contributed by atoms with E-state index in [-0.39, 0.29) is 6.10 Å². The zero-order chi connectivity index (χ0) is 17.7. The van der Waals surface area contributed by atoms with E-state index in [0.717, 1.165) is 53.3 Å². The lowest BCUT2D eigenvalue weighted by molar-refractivity contribution is 0.0989. The molecular weight excluding hydrogens is 328 g/mol. The van der Waals surface area contributed by atoms with Crippen LogP contribution in [-0.2, 0) is 4.74 Å². The van der Waals surface area contributed by atoms with E-state index in [9.17, 15) is 0 Å². The average molecular weight is 350 g/mol. The van der Waals surface area contributed by atoms with E-state index in [1.54, 1.807) is 0 Å². The van der Waals surface area contributed by atoms with Crippen LogP contribution < -0.4 is 9.64 Å². The number of rotatable bonds is 4. The minimum Gasteiger partial charge on any atom is -0.491 e. The molecule has 2 unspecified atom stereocenters. The van der Waals surface area contributed by atoms with Crippen LogP contribution >= 0.6 is 0 Å². The third-order valence-electron chi connectivity index (χ3n) is 5.12. The predicted octanol–water partition coefficient (Wildman–Crippen LogP) is 3.39. The fraction of sp³-hybridized carbons (Fsp3) is 0.400. The molecule has 26 heavy (non-hydrogen) atoms. The fourth-order valence-corrected chi connectivity index (χ4v) is 3.96. The maximum atomic E-state index is 5.84. The number of ether oxygens (including phenoxy) is 2. The summed E-state index contributed by atoms with van der Waals surface area (Å²) < 4.78 is 11.6. The summed E-state index contributed by atoms with van der Waals surface area (Å²) in [4.78, 5) is 6.96. The number of aromatic nitrogens is 3. The van der Waals surface area contributed by atoms with Crippen molar-refractivity contribution in [3.8, 4) is 17.0 Å². The predicted molar refractivity (Wildman–Crippen MR) is 101 cm³/mol. The molecule has 0 amide bonds. The second-order valence-corrected chi connectivity index (χ2v) is 7.35. The number of H-pyrrole nitrogens is 1. The topological polar surface area (TPSA) is 63.3 Å². The lowest BCUT2D eigenvalue weighted by atomic mass is 10.1. The molecule has 2 saturated heterocycles. The Hall–Kier alpha value is -2.60. The van der Waals surface area contributed by atoms with Crippen molar-refractivity contribution in [3.63, 3.8) is 0 Å². The Morgan fingerprint density at radius 1 is 1.27 bits per heavy atom. The molecule has 5 rings (SSSR count). The Labute approximate surface area is 152 Å². The van der Waals surface area contributed by atoms with Gasteiger partial charge in [0.25, 0.3) is 0 Å². The molecule has 2 aromatic heterocycles. The number of aromatic amines is 1. The van der Waals surface area contributed by atoms with Gasteiger partial charge in [-0.1, -0.05) is 0 Å². The Morgan fingerprint density at radius 3 is 2.96 bits per heavy atom. The van der Waals surface area contributed by atoms with Gasteiger partial charge in [-0.3, -0.25) is 5.10 Å². The van der Waals surface area contributed by atoms with E-state index in [2.05, 4.69) is 32.2 Å². The van der Waals surface area contributed by atoms with Gasteiger partial charge in [-0.05, 0) is 50.6 Å². The van der Waals surface area contributed by atoms with Crippen LogP contribution in [0.4, 0.5) is 5.82 Å². The van der Waals surface area contributed by atoms with Crippen molar-refractivity contribution in [2.24, 2.45) is 0 Å². The first kappa shape index (κ1) is 15.6. The molecule has 3 aromatic rings. The molecule has 0 spiro atoms. The molecule has 0 saturated carbocycles. The van der Waals surface area contributed by atoms with Crippen LogP contribution in [0.3, 0.4) is 0 Å². The highest BCUT2D eigenvalue weighted by atomic mass is 16.5. The highest BCUT2D eigenvalue weighted by molar-refractivity contribution is 5.94. The summed E-state index contributed by atoms with van der Waals surface area (Å²) in [6.45, 7) is 5.79. The third kappa shape index (κ3) is 2.61. The molecule has 0 aliphatic carbocycles. The van der Waals surface area contributed by atoms with Crippen LogP contribution in [0.2, 0.25) is 0 Å². The van der Waals surface area contributed by atoms with Crippen molar-refractivity contribution < 1.29 is 9.47 Å². The molecule has 2 fully saturated rings. The summed E-state index contributed by atoms with van der Waals surface area (Å²) in [7, 11) is 0. The normalized spacial score (nSPS) is 21.9. The van der Waals surface area contributed by atoms with Crippen LogP contribution in [0.15, 0.2) is 36.5 Å². The van der Waals surface area contributed by atoms with E-state index in [1.165, 1.54) is 0 Å². The first-order valence-corrected chi connectivity index (χ1v) is 9.17. The van der Waals surface area contributed by atoms with Crippen LogP contribution in [0.25, 0.3) is 22.2 Å². The van der Waals surface area contributed by atoms with Crippen molar-refractivity contribution in [3.05, 3.63) is 36.5 Å². The zero-order valence-corrected chi connectivity index (χ0v) is 15.0. The SMILES string of the molecule is CC(C)Oc1ccc2[nH]nc(-c3ccnc(N4CC5CC4CO5)c3)c2c1. The molecule has 6 nitrogen and oxygen atoms in total. The van der Waals surface area contributed by atoms with Crippen LogP contribution in [0, 0.1) is 0 Å². The maximum Gasteiger partial charge on any atom is 0.129 e. The molecule has 0 radical (unpaired) electrons. The van der Waals surface area contributed by atoms with Gasteiger partial charge in [-0.25, -0.2) is 4.98 Å². The van der Waals surface area contributed by atoms with E-state index < -0.39 is 0 Å². The number of fused-ring (bicyclic) bond motifs is 3. The third-order valence-corrected chi connectivity index (χ3v) is 5.12. The number of nitrogens with one attached hydrogen (secondary N) is 1. The van der Waals surface area contributed by atoms with Gasteiger partial charge in [0, 0.05) is 23.7 Å². The summed E-state index contributed by atoms with van der Waals surface area (Å²) in [6, 6.07) is 10.6. The van der Waals surface area contributed by atoms with Crippen molar-refractivity contribution >= 4 is 16.7 Å². The lowest BCUT2D eigenvalue weighted by Crippen LogP contribution is -2.37. The van der Waals surface area contributed by atoms with Gasteiger partial charge in [-0.15, -0.1) is 0 Å². The number of benzene rings is 1. The Balaban J connectivity index is 1.52. The van der Waals surface area contributed by atoms with Crippen LogP contribution in [0.1, 0.15) is 20.3 Å². The number of morpholine rings is 1. The number of pyridine rings is 1. The monoisotopic (exact) mass is 350 g/mol. The minimum absolute atomic E-state index is 0.142. The van der Waals surface area contributed by atoms with Crippen molar-refractivity contribution in [2.45, 2.75) is 38.5 Å². The van der Waals surface area contributed by atoms with Gasteiger partial charge in [-0.2, -0.15) is 5.10 Å². The number of hydrogen-bond acceptors (Lipinski definition) is 5. The van der Waals surface area contributed by atoms with E-state index in [4.69, 9.17) is 9.47 Å². The summed E-state index contributed by atoms with van der Waals surface area (Å²) >= 11 is 0. The van der Waals surface area contributed by atoms with Gasteiger partial charge < -0.3 is 14.4 Å². The highest BCUT2D eigenvalue weighted by Crippen LogP contribution is 2.34. The van der Waals surface area contributed by atoms with Gasteiger partial charge in [0.1, 0.15) is 17.3 Å². The smallest absolute Gasteiger partial charge is 0.129 e. The Bertz CT molecular complexity index is 952. The van der Waals surface area contributed by atoms with Gasteiger partial charge in [0.15, 0.2) is 0 Å². The second kappa shape index (κ2) is 5.99. The molecular formula is C20H22N4O2. The van der Waals surface area contributed by atoms with Gasteiger partial charge in [0.2, 0.25) is 0 Å². The molecule has 4 heterocycles. The molecule has 2 aliphatic rings. The van der Waals surface area contributed by atoms with Crippen molar-refractivity contribution in [1.29, 1.82) is 0 Å². The number of hydrogen-bond donors (Lipinski definition) is 1. The first-order chi connectivity index (χ1) is 12.7. The molecule has 1 N–H and O–H groups in total. The van der Waals surface area contributed by atoms with Gasteiger partial charge in [0.05, 0.1) is 30.4 Å². The Kier molecular flexibility index (Phi) is 3.60. The molecule has 1 aromatic carbocycles. The minimum atomic E-state index is 0.142. The standard InChI is InChI=1S/C20H22N4O2/c1-12(2)26-15-3-4-18-17(9-15)20(23-22-18)13-5-6-21-19(7-13)24-10-16-8-14(24)11-25-16/h3-7,9,12,14,16H,8,10-11H2,1-2H3,(H,22,23).